The normalized spacial score (nSPS) is 20.8. The van der Waals surface area contributed by atoms with Gasteiger partial charge < -0.3 is 5.11 Å². The Hall–Kier alpha value is -0.620. The van der Waals surface area contributed by atoms with Crippen LogP contribution < -0.4 is 0 Å². The highest BCUT2D eigenvalue weighted by Crippen LogP contribution is 2.31. The van der Waals surface area contributed by atoms with Crippen molar-refractivity contribution >= 4 is 21.6 Å². The van der Waals surface area contributed by atoms with Gasteiger partial charge in [-0.15, -0.1) is 0 Å². The van der Waals surface area contributed by atoms with Gasteiger partial charge in [-0.1, -0.05) is 31.5 Å². The van der Waals surface area contributed by atoms with Crippen LogP contribution in [0.2, 0.25) is 5.02 Å². The van der Waals surface area contributed by atoms with E-state index in [2.05, 4.69) is 13.8 Å². The number of aliphatic hydroxyl groups is 1. The first-order valence-corrected chi connectivity index (χ1v) is 8.57. The molecule has 1 aromatic carbocycles. The second-order valence-corrected chi connectivity index (χ2v) is 7.89. The van der Waals surface area contributed by atoms with Gasteiger partial charge in [-0.3, -0.25) is 0 Å². The van der Waals surface area contributed by atoms with E-state index in [-0.39, 0.29) is 16.5 Å². The van der Waals surface area contributed by atoms with Gasteiger partial charge in [-0.05, 0) is 36.0 Å². The molecule has 20 heavy (non-hydrogen) atoms. The average Bonchev–Trinajstić information content (AvgIpc) is 2.89. The molecule has 0 bridgehead atoms. The molecule has 1 saturated heterocycles. The Labute approximate surface area is 125 Å². The standard InChI is InChI=1S/C14H20ClNO3S/c1-10(2)12-5-6-16(8-12)20(18,19)14-7-11(9-17)3-4-13(14)15/h3-4,7,10,12,17H,5-6,8-9H2,1-2H3. The Balaban J connectivity index is 2.32. The SMILES string of the molecule is CC(C)C1CCN(S(=O)(=O)c2cc(CO)ccc2Cl)C1. The third kappa shape index (κ3) is 3.01. The van der Waals surface area contributed by atoms with Crippen LogP contribution >= 0.6 is 11.6 Å². The van der Waals surface area contributed by atoms with Crippen LogP contribution in [-0.2, 0) is 16.6 Å². The Morgan fingerprint density at radius 2 is 2.15 bits per heavy atom. The molecule has 2 rings (SSSR count). The van der Waals surface area contributed by atoms with E-state index in [9.17, 15) is 8.42 Å². The third-order valence-electron chi connectivity index (χ3n) is 3.93. The number of rotatable bonds is 4. The summed E-state index contributed by atoms with van der Waals surface area (Å²) in [4.78, 5) is 0.0927. The largest absolute Gasteiger partial charge is 0.392 e. The second-order valence-electron chi connectivity index (χ2n) is 5.58. The summed E-state index contributed by atoms with van der Waals surface area (Å²) in [6.45, 7) is 5.10. The molecule has 0 radical (unpaired) electrons. The predicted molar refractivity (Wildman–Crippen MR) is 79.1 cm³/mol. The monoisotopic (exact) mass is 317 g/mol. The van der Waals surface area contributed by atoms with Crippen molar-refractivity contribution in [3.8, 4) is 0 Å². The maximum absolute atomic E-state index is 12.7. The average molecular weight is 318 g/mol. The predicted octanol–water partition coefficient (Wildman–Crippen LogP) is 2.50. The lowest BCUT2D eigenvalue weighted by molar-refractivity contribution is 0.281. The van der Waals surface area contributed by atoms with Crippen LogP contribution in [0, 0.1) is 11.8 Å². The van der Waals surface area contributed by atoms with Crippen LogP contribution in [0.5, 0.6) is 0 Å². The molecule has 0 spiro atoms. The molecule has 1 fully saturated rings. The Morgan fingerprint density at radius 1 is 1.45 bits per heavy atom. The molecule has 1 unspecified atom stereocenters. The van der Waals surface area contributed by atoms with Crippen LogP contribution in [0.4, 0.5) is 0 Å². The topological polar surface area (TPSA) is 57.6 Å². The molecule has 112 valence electrons. The zero-order valence-corrected chi connectivity index (χ0v) is 13.3. The molecule has 1 aromatic rings. The lowest BCUT2D eigenvalue weighted by Gasteiger charge is -2.19. The van der Waals surface area contributed by atoms with E-state index < -0.39 is 10.0 Å². The zero-order valence-electron chi connectivity index (χ0n) is 11.7. The fourth-order valence-electron chi connectivity index (χ4n) is 2.50. The molecule has 6 heteroatoms. The summed E-state index contributed by atoms with van der Waals surface area (Å²) in [5, 5.41) is 9.35. The first-order valence-electron chi connectivity index (χ1n) is 6.75. The molecule has 4 nitrogen and oxygen atoms in total. The summed E-state index contributed by atoms with van der Waals surface area (Å²) in [5.74, 6) is 0.860. The first-order chi connectivity index (χ1) is 9.36. The molecule has 0 aliphatic carbocycles. The van der Waals surface area contributed by atoms with Crippen molar-refractivity contribution in [2.45, 2.75) is 31.8 Å². The molecule has 1 heterocycles. The molecule has 1 N–H and O–H groups in total. The van der Waals surface area contributed by atoms with E-state index >= 15 is 0 Å². The van der Waals surface area contributed by atoms with Gasteiger partial charge in [0, 0.05) is 13.1 Å². The van der Waals surface area contributed by atoms with Crippen molar-refractivity contribution in [3.63, 3.8) is 0 Å². The van der Waals surface area contributed by atoms with Gasteiger partial charge in [0.1, 0.15) is 4.90 Å². The van der Waals surface area contributed by atoms with Gasteiger partial charge in [0.05, 0.1) is 11.6 Å². The maximum atomic E-state index is 12.7. The van der Waals surface area contributed by atoms with Gasteiger partial charge in [0.25, 0.3) is 0 Å². The van der Waals surface area contributed by atoms with E-state index in [4.69, 9.17) is 16.7 Å². The summed E-state index contributed by atoms with van der Waals surface area (Å²) < 4.78 is 26.8. The molecule has 1 aliphatic rings. The summed E-state index contributed by atoms with van der Waals surface area (Å²) in [5.41, 5.74) is 0.549. The summed E-state index contributed by atoms with van der Waals surface area (Å²) in [6.07, 6.45) is 0.883. The van der Waals surface area contributed by atoms with Crippen LogP contribution in [0.25, 0.3) is 0 Å². The molecule has 0 aromatic heterocycles. The Bertz CT molecular complexity index is 586. The van der Waals surface area contributed by atoms with E-state index in [1.807, 2.05) is 0 Å². The lowest BCUT2D eigenvalue weighted by atomic mass is 9.96. The number of benzene rings is 1. The minimum Gasteiger partial charge on any atom is -0.392 e. The third-order valence-corrected chi connectivity index (χ3v) is 6.27. The van der Waals surface area contributed by atoms with Crippen molar-refractivity contribution in [1.82, 2.24) is 4.31 Å². The first kappa shape index (κ1) is 15.8. The van der Waals surface area contributed by atoms with Gasteiger partial charge >= 0.3 is 0 Å². The van der Waals surface area contributed by atoms with E-state index in [0.29, 0.717) is 30.5 Å². The van der Waals surface area contributed by atoms with Crippen LogP contribution in [0.3, 0.4) is 0 Å². The number of aliphatic hydroxyl groups excluding tert-OH is 1. The molecule has 1 aliphatic heterocycles. The fourth-order valence-corrected chi connectivity index (χ4v) is 4.54. The van der Waals surface area contributed by atoms with Crippen molar-refractivity contribution < 1.29 is 13.5 Å². The Morgan fingerprint density at radius 3 is 2.70 bits per heavy atom. The van der Waals surface area contributed by atoms with Crippen LogP contribution in [0.15, 0.2) is 23.1 Å². The fraction of sp³-hybridized carbons (Fsp3) is 0.571. The smallest absolute Gasteiger partial charge is 0.244 e. The molecule has 1 atom stereocenters. The summed E-state index contributed by atoms with van der Waals surface area (Å²) in [6, 6.07) is 4.61. The number of halogens is 1. The van der Waals surface area contributed by atoms with E-state index in [1.165, 1.54) is 16.4 Å². The summed E-state index contributed by atoms with van der Waals surface area (Å²) >= 11 is 6.03. The molecular weight excluding hydrogens is 298 g/mol. The van der Waals surface area contributed by atoms with Crippen LogP contribution in [-0.4, -0.2) is 30.9 Å². The van der Waals surface area contributed by atoms with Crippen LogP contribution in [0.1, 0.15) is 25.8 Å². The van der Waals surface area contributed by atoms with Crippen molar-refractivity contribution in [2.75, 3.05) is 13.1 Å². The highest BCUT2D eigenvalue weighted by atomic mass is 35.5. The number of sulfonamides is 1. The lowest BCUT2D eigenvalue weighted by Crippen LogP contribution is -2.29. The van der Waals surface area contributed by atoms with Gasteiger partial charge in [-0.2, -0.15) is 4.31 Å². The highest BCUT2D eigenvalue weighted by Gasteiger charge is 2.34. The van der Waals surface area contributed by atoms with Crippen molar-refractivity contribution in [2.24, 2.45) is 11.8 Å². The Kier molecular flexibility index (Phi) is 4.74. The number of hydrogen-bond donors (Lipinski definition) is 1. The van der Waals surface area contributed by atoms with E-state index in [0.717, 1.165) is 6.42 Å². The number of nitrogens with zero attached hydrogens (tertiary/aromatic N) is 1. The van der Waals surface area contributed by atoms with E-state index in [1.54, 1.807) is 6.07 Å². The zero-order chi connectivity index (χ0) is 14.9. The molecule has 0 amide bonds. The van der Waals surface area contributed by atoms with Crippen molar-refractivity contribution in [1.29, 1.82) is 0 Å². The number of hydrogen-bond acceptors (Lipinski definition) is 3. The maximum Gasteiger partial charge on any atom is 0.244 e. The highest BCUT2D eigenvalue weighted by molar-refractivity contribution is 7.89. The quantitative estimate of drug-likeness (QED) is 0.928. The molecular formula is C14H20ClNO3S. The van der Waals surface area contributed by atoms with Gasteiger partial charge in [0.15, 0.2) is 0 Å². The van der Waals surface area contributed by atoms with Crippen molar-refractivity contribution in [3.05, 3.63) is 28.8 Å². The molecule has 0 saturated carbocycles. The summed E-state index contributed by atoms with van der Waals surface area (Å²) in [7, 11) is -3.58. The minimum absolute atomic E-state index is 0.0927. The van der Waals surface area contributed by atoms with Gasteiger partial charge in [-0.25, -0.2) is 8.42 Å². The second kappa shape index (κ2) is 6.02. The van der Waals surface area contributed by atoms with Gasteiger partial charge in [0.2, 0.25) is 10.0 Å². The minimum atomic E-state index is -3.58.